The molecule has 0 amide bonds. The van der Waals surface area contributed by atoms with E-state index in [1.54, 1.807) is 11.3 Å². The fourth-order valence-corrected chi connectivity index (χ4v) is 4.00. The Bertz CT molecular complexity index is 697. The summed E-state index contributed by atoms with van der Waals surface area (Å²) in [5.74, 6) is 0.890. The highest BCUT2D eigenvalue weighted by atomic mass is 32.1. The van der Waals surface area contributed by atoms with Gasteiger partial charge >= 0.3 is 0 Å². The molecule has 1 saturated heterocycles. The van der Waals surface area contributed by atoms with Crippen LogP contribution in [0.1, 0.15) is 36.6 Å². The van der Waals surface area contributed by atoms with Gasteiger partial charge in [0.2, 0.25) is 0 Å². The summed E-state index contributed by atoms with van der Waals surface area (Å²) in [5.41, 5.74) is 1.30. The maximum absolute atomic E-state index is 4.75. The Morgan fingerprint density at radius 2 is 2.15 bits per heavy atom. The second-order valence-corrected chi connectivity index (χ2v) is 7.73. The zero-order valence-corrected chi connectivity index (χ0v) is 16.6. The van der Waals surface area contributed by atoms with Gasteiger partial charge in [-0.3, -0.25) is 0 Å². The van der Waals surface area contributed by atoms with Gasteiger partial charge in [0.15, 0.2) is 5.96 Å². The number of aryl methyl sites for hydroxylation is 1. The Hall–Kier alpha value is -2.08. The molecule has 140 valence electrons. The number of guanidine groups is 1. The fourth-order valence-electron chi connectivity index (χ4n) is 3.21. The quantitative estimate of drug-likeness (QED) is 0.603. The molecule has 1 aliphatic rings. The summed E-state index contributed by atoms with van der Waals surface area (Å²) in [5, 5.41) is 8.07. The molecule has 0 bridgehead atoms. The first-order valence-corrected chi connectivity index (χ1v) is 10.4. The monoisotopic (exact) mass is 371 g/mol. The molecular formula is C20H29N5S. The van der Waals surface area contributed by atoms with E-state index in [2.05, 4.69) is 64.7 Å². The maximum atomic E-state index is 4.75. The number of rotatable bonds is 6. The number of nitrogens with one attached hydrogen (secondary N) is 2. The van der Waals surface area contributed by atoms with E-state index < -0.39 is 0 Å². The first-order valence-electron chi connectivity index (χ1n) is 9.57. The van der Waals surface area contributed by atoms with Crippen molar-refractivity contribution >= 4 is 23.0 Å². The van der Waals surface area contributed by atoms with Gasteiger partial charge in [-0.25, -0.2) is 9.98 Å². The van der Waals surface area contributed by atoms with Crippen molar-refractivity contribution in [2.24, 2.45) is 4.99 Å². The van der Waals surface area contributed by atoms with Crippen LogP contribution in [0.2, 0.25) is 0 Å². The first kappa shape index (κ1) is 18.7. The lowest BCUT2D eigenvalue weighted by molar-refractivity contribution is 0.468. The summed E-state index contributed by atoms with van der Waals surface area (Å²) in [4.78, 5) is 13.0. The standard InChI is InChI=1S/C20H29N5S/c1-3-18-13-22-19(26-18)14-23-20(21-4-2)24-16-9-8-12-25(15-16)17-10-6-5-7-11-17/h5-7,10-11,13,16H,3-4,8-9,12,14-15H2,1-2H3,(H2,21,23,24). The third-order valence-electron chi connectivity index (χ3n) is 4.55. The molecule has 0 aliphatic carbocycles. The number of aromatic nitrogens is 1. The molecule has 1 unspecified atom stereocenters. The van der Waals surface area contributed by atoms with Crippen LogP contribution in [-0.4, -0.2) is 36.6 Å². The highest BCUT2D eigenvalue weighted by molar-refractivity contribution is 7.11. The van der Waals surface area contributed by atoms with Gasteiger partial charge in [-0.1, -0.05) is 25.1 Å². The minimum Gasteiger partial charge on any atom is -0.369 e. The Morgan fingerprint density at radius 1 is 1.31 bits per heavy atom. The number of para-hydroxylation sites is 1. The van der Waals surface area contributed by atoms with Crippen LogP contribution >= 0.6 is 11.3 Å². The molecule has 1 aromatic carbocycles. The molecule has 5 nitrogen and oxygen atoms in total. The number of nitrogens with zero attached hydrogens (tertiary/aromatic N) is 3. The Kier molecular flexibility index (Phi) is 6.89. The van der Waals surface area contributed by atoms with Crippen molar-refractivity contribution in [2.45, 2.75) is 45.7 Å². The number of anilines is 1. The van der Waals surface area contributed by atoms with Gasteiger partial charge in [0.25, 0.3) is 0 Å². The lowest BCUT2D eigenvalue weighted by Gasteiger charge is -2.35. The van der Waals surface area contributed by atoms with Crippen molar-refractivity contribution in [2.75, 3.05) is 24.5 Å². The van der Waals surface area contributed by atoms with Crippen molar-refractivity contribution in [1.82, 2.24) is 15.6 Å². The van der Waals surface area contributed by atoms with E-state index in [1.807, 2.05) is 6.20 Å². The van der Waals surface area contributed by atoms with E-state index >= 15 is 0 Å². The van der Waals surface area contributed by atoms with Crippen LogP contribution < -0.4 is 15.5 Å². The first-order chi connectivity index (χ1) is 12.8. The molecule has 3 rings (SSSR count). The minimum atomic E-state index is 0.407. The normalized spacial score (nSPS) is 18.0. The highest BCUT2D eigenvalue weighted by Crippen LogP contribution is 2.19. The number of piperidine rings is 1. The molecule has 1 atom stereocenters. The van der Waals surface area contributed by atoms with Crippen molar-refractivity contribution in [3.05, 3.63) is 46.4 Å². The number of benzene rings is 1. The second-order valence-electron chi connectivity index (χ2n) is 6.53. The van der Waals surface area contributed by atoms with E-state index in [0.717, 1.165) is 37.0 Å². The SMILES string of the molecule is CCNC(=NCc1ncc(CC)s1)NC1CCCN(c2ccccc2)C1. The van der Waals surface area contributed by atoms with Crippen LogP contribution in [-0.2, 0) is 13.0 Å². The van der Waals surface area contributed by atoms with Gasteiger partial charge in [-0.2, -0.15) is 0 Å². The molecular weight excluding hydrogens is 342 g/mol. The topological polar surface area (TPSA) is 52.6 Å². The third kappa shape index (κ3) is 5.21. The number of aliphatic imine (C=N–C) groups is 1. The number of hydrogen-bond acceptors (Lipinski definition) is 4. The number of thiazole rings is 1. The largest absolute Gasteiger partial charge is 0.369 e. The summed E-state index contributed by atoms with van der Waals surface area (Å²) in [7, 11) is 0. The van der Waals surface area contributed by atoms with Crippen LogP contribution in [0, 0.1) is 0 Å². The molecule has 0 saturated carbocycles. The van der Waals surface area contributed by atoms with Gasteiger partial charge in [-0.05, 0) is 38.3 Å². The van der Waals surface area contributed by atoms with E-state index in [1.165, 1.54) is 23.4 Å². The van der Waals surface area contributed by atoms with Crippen LogP contribution in [0.25, 0.3) is 0 Å². The smallest absolute Gasteiger partial charge is 0.191 e. The molecule has 0 radical (unpaired) electrons. The Morgan fingerprint density at radius 3 is 2.88 bits per heavy atom. The second kappa shape index (κ2) is 9.57. The molecule has 6 heteroatoms. The average molecular weight is 372 g/mol. The van der Waals surface area contributed by atoms with Gasteiger partial charge < -0.3 is 15.5 Å². The summed E-state index contributed by atoms with van der Waals surface area (Å²) in [6.45, 7) is 7.88. The lowest BCUT2D eigenvalue weighted by atomic mass is 10.1. The molecule has 1 aliphatic heterocycles. The van der Waals surface area contributed by atoms with Gasteiger partial charge in [0.1, 0.15) is 5.01 Å². The summed E-state index contributed by atoms with van der Waals surface area (Å²) in [6, 6.07) is 11.1. The molecule has 2 N–H and O–H groups in total. The van der Waals surface area contributed by atoms with Crippen LogP contribution in [0.4, 0.5) is 5.69 Å². The van der Waals surface area contributed by atoms with Crippen molar-refractivity contribution in [3.63, 3.8) is 0 Å². The Balaban J connectivity index is 1.60. The zero-order chi connectivity index (χ0) is 18.2. The van der Waals surface area contributed by atoms with E-state index in [4.69, 9.17) is 4.99 Å². The summed E-state index contributed by atoms with van der Waals surface area (Å²) >= 11 is 1.75. The molecule has 1 fully saturated rings. The average Bonchev–Trinajstić information content (AvgIpc) is 3.15. The van der Waals surface area contributed by atoms with Crippen LogP contribution in [0.5, 0.6) is 0 Å². The predicted octanol–water partition coefficient (Wildman–Crippen LogP) is 3.43. The fraction of sp³-hybridized carbons (Fsp3) is 0.500. The Labute approximate surface area is 160 Å². The van der Waals surface area contributed by atoms with Crippen LogP contribution in [0.3, 0.4) is 0 Å². The third-order valence-corrected chi connectivity index (χ3v) is 5.68. The van der Waals surface area contributed by atoms with Gasteiger partial charge in [0.05, 0.1) is 6.54 Å². The van der Waals surface area contributed by atoms with Gasteiger partial charge in [-0.15, -0.1) is 11.3 Å². The molecule has 26 heavy (non-hydrogen) atoms. The highest BCUT2D eigenvalue weighted by Gasteiger charge is 2.20. The van der Waals surface area contributed by atoms with E-state index in [0.29, 0.717) is 12.6 Å². The molecule has 2 aromatic rings. The van der Waals surface area contributed by atoms with Crippen LogP contribution in [0.15, 0.2) is 41.5 Å². The van der Waals surface area contributed by atoms with Crippen molar-refractivity contribution in [3.8, 4) is 0 Å². The van der Waals surface area contributed by atoms with E-state index in [-0.39, 0.29) is 0 Å². The summed E-state index contributed by atoms with van der Waals surface area (Å²) in [6.07, 6.45) is 5.37. The van der Waals surface area contributed by atoms with Gasteiger partial charge in [0, 0.05) is 42.4 Å². The molecule has 0 spiro atoms. The minimum absolute atomic E-state index is 0.407. The van der Waals surface area contributed by atoms with Crippen molar-refractivity contribution in [1.29, 1.82) is 0 Å². The molecule has 1 aromatic heterocycles. The van der Waals surface area contributed by atoms with E-state index in [9.17, 15) is 0 Å². The van der Waals surface area contributed by atoms with Crippen molar-refractivity contribution < 1.29 is 0 Å². The molecule has 2 heterocycles. The summed E-state index contributed by atoms with van der Waals surface area (Å²) < 4.78 is 0. The maximum Gasteiger partial charge on any atom is 0.191 e. The predicted molar refractivity (Wildman–Crippen MR) is 111 cm³/mol. The lowest BCUT2D eigenvalue weighted by Crippen LogP contribution is -2.51. The number of hydrogen-bond donors (Lipinski definition) is 2. The zero-order valence-electron chi connectivity index (χ0n) is 15.7.